The summed E-state index contributed by atoms with van der Waals surface area (Å²) in [6.45, 7) is 4.85. The van der Waals surface area contributed by atoms with E-state index in [1.807, 2.05) is 0 Å². The second kappa shape index (κ2) is 7.74. The van der Waals surface area contributed by atoms with Gasteiger partial charge in [0.15, 0.2) is 0 Å². The molecule has 0 heterocycles. The fraction of sp³-hybridized carbons (Fsp3) is 0.929. The van der Waals surface area contributed by atoms with E-state index in [1.165, 1.54) is 0 Å². The molecule has 0 aromatic rings. The second-order valence-corrected chi connectivity index (χ2v) is 5.61. The first-order valence-electron chi connectivity index (χ1n) is 7.13. The highest BCUT2D eigenvalue weighted by molar-refractivity contribution is 5.79. The Labute approximate surface area is 111 Å². The lowest BCUT2D eigenvalue weighted by molar-refractivity contribution is -0.128. The molecular weight excluding hydrogens is 228 g/mol. The molecular formula is C14H28N2O2. The summed E-state index contributed by atoms with van der Waals surface area (Å²) < 4.78 is 5.15. The highest BCUT2D eigenvalue weighted by atomic mass is 16.5. The van der Waals surface area contributed by atoms with E-state index in [0.29, 0.717) is 12.5 Å². The Balaban J connectivity index is 2.47. The van der Waals surface area contributed by atoms with Crippen LogP contribution >= 0.6 is 0 Å². The molecule has 1 amide bonds. The molecule has 4 atom stereocenters. The molecule has 0 aliphatic heterocycles. The van der Waals surface area contributed by atoms with E-state index in [-0.39, 0.29) is 23.9 Å². The Kier molecular flexibility index (Phi) is 6.65. The zero-order chi connectivity index (χ0) is 13.5. The molecule has 0 aromatic heterocycles. The number of carbonyl (C=O) groups is 1. The highest BCUT2D eigenvalue weighted by Crippen LogP contribution is 2.29. The SMILES string of the molecule is CCCC(COC)NC(=O)C1CCC(N)CC1C. The zero-order valence-corrected chi connectivity index (χ0v) is 11.9. The van der Waals surface area contributed by atoms with Crippen LogP contribution in [0.4, 0.5) is 0 Å². The summed E-state index contributed by atoms with van der Waals surface area (Å²) in [7, 11) is 1.68. The van der Waals surface area contributed by atoms with Crippen molar-refractivity contribution in [2.75, 3.05) is 13.7 Å². The average Bonchev–Trinajstić information content (AvgIpc) is 2.29. The molecule has 0 bridgehead atoms. The molecule has 0 aromatic carbocycles. The number of rotatable bonds is 6. The third-order valence-electron chi connectivity index (χ3n) is 3.90. The maximum Gasteiger partial charge on any atom is 0.223 e. The number of nitrogens with two attached hydrogens (primary N) is 1. The van der Waals surface area contributed by atoms with Crippen molar-refractivity contribution >= 4 is 5.91 Å². The van der Waals surface area contributed by atoms with E-state index < -0.39 is 0 Å². The lowest BCUT2D eigenvalue weighted by atomic mass is 9.77. The van der Waals surface area contributed by atoms with Gasteiger partial charge in [-0.3, -0.25) is 4.79 Å². The van der Waals surface area contributed by atoms with Crippen molar-refractivity contribution in [3.05, 3.63) is 0 Å². The molecule has 1 aliphatic rings. The van der Waals surface area contributed by atoms with E-state index >= 15 is 0 Å². The lowest BCUT2D eigenvalue weighted by Gasteiger charge is -2.32. The molecule has 0 radical (unpaired) electrons. The fourth-order valence-corrected chi connectivity index (χ4v) is 2.88. The zero-order valence-electron chi connectivity index (χ0n) is 11.9. The van der Waals surface area contributed by atoms with Crippen molar-refractivity contribution in [2.45, 2.75) is 58.0 Å². The van der Waals surface area contributed by atoms with Crippen LogP contribution in [0.2, 0.25) is 0 Å². The van der Waals surface area contributed by atoms with Gasteiger partial charge in [0.25, 0.3) is 0 Å². The van der Waals surface area contributed by atoms with Crippen molar-refractivity contribution in [3.63, 3.8) is 0 Å². The minimum absolute atomic E-state index is 0.126. The minimum Gasteiger partial charge on any atom is -0.383 e. The smallest absolute Gasteiger partial charge is 0.223 e. The number of nitrogens with one attached hydrogen (secondary N) is 1. The normalized spacial score (nSPS) is 29.9. The van der Waals surface area contributed by atoms with Gasteiger partial charge in [0.1, 0.15) is 0 Å². The summed E-state index contributed by atoms with van der Waals surface area (Å²) in [4.78, 5) is 12.3. The number of ether oxygens (including phenoxy) is 1. The molecule has 0 saturated heterocycles. The van der Waals surface area contributed by atoms with Crippen LogP contribution in [0.25, 0.3) is 0 Å². The Hall–Kier alpha value is -0.610. The largest absolute Gasteiger partial charge is 0.383 e. The first kappa shape index (κ1) is 15.4. The quantitative estimate of drug-likeness (QED) is 0.760. The second-order valence-electron chi connectivity index (χ2n) is 5.61. The molecule has 1 aliphatic carbocycles. The first-order valence-corrected chi connectivity index (χ1v) is 7.13. The van der Waals surface area contributed by atoms with Crippen molar-refractivity contribution in [1.29, 1.82) is 0 Å². The standard InChI is InChI=1S/C14H28N2O2/c1-4-5-12(9-18-3)16-14(17)13-7-6-11(15)8-10(13)2/h10-13H,4-9,15H2,1-3H3,(H,16,17). The summed E-state index contributed by atoms with van der Waals surface area (Å²) in [5.41, 5.74) is 5.93. The van der Waals surface area contributed by atoms with Gasteiger partial charge >= 0.3 is 0 Å². The van der Waals surface area contributed by atoms with Crippen LogP contribution in [0.5, 0.6) is 0 Å². The number of amides is 1. The van der Waals surface area contributed by atoms with Gasteiger partial charge in [-0.1, -0.05) is 20.3 Å². The molecule has 4 nitrogen and oxygen atoms in total. The Morgan fingerprint density at radius 3 is 2.78 bits per heavy atom. The predicted molar refractivity (Wildman–Crippen MR) is 73.2 cm³/mol. The van der Waals surface area contributed by atoms with Gasteiger partial charge in [-0.15, -0.1) is 0 Å². The van der Waals surface area contributed by atoms with Crippen molar-refractivity contribution in [2.24, 2.45) is 17.6 Å². The van der Waals surface area contributed by atoms with Crippen molar-refractivity contribution in [3.8, 4) is 0 Å². The van der Waals surface area contributed by atoms with Crippen LogP contribution in [0, 0.1) is 11.8 Å². The number of hydrogen-bond donors (Lipinski definition) is 2. The van der Waals surface area contributed by atoms with Crippen LogP contribution < -0.4 is 11.1 Å². The lowest BCUT2D eigenvalue weighted by Crippen LogP contribution is -2.45. The van der Waals surface area contributed by atoms with Crippen LogP contribution in [0.3, 0.4) is 0 Å². The summed E-state index contributed by atoms with van der Waals surface area (Å²) >= 11 is 0. The van der Waals surface area contributed by atoms with E-state index in [1.54, 1.807) is 7.11 Å². The summed E-state index contributed by atoms with van der Waals surface area (Å²) in [5.74, 6) is 0.699. The van der Waals surface area contributed by atoms with E-state index in [0.717, 1.165) is 32.1 Å². The Morgan fingerprint density at radius 1 is 1.50 bits per heavy atom. The molecule has 1 rings (SSSR count). The van der Waals surface area contributed by atoms with E-state index in [2.05, 4.69) is 19.2 Å². The van der Waals surface area contributed by atoms with Gasteiger partial charge in [-0.25, -0.2) is 0 Å². The fourth-order valence-electron chi connectivity index (χ4n) is 2.88. The van der Waals surface area contributed by atoms with Gasteiger partial charge in [0.2, 0.25) is 5.91 Å². The topological polar surface area (TPSA) is 64.3 Å². The van der Waals surface area contributed by atoms with E-state index in [4.69, 9.17) is 10.5 Å². The van der Waals surface area contributed by atoms with Gasteiger partial charge in [0, 0.05) is 19.1 Å². The number of hydrogen-bond acceptors (Lipinski definition) is 3. The maximum atomic E-state index is 12.3. The molecule has 18 heavy (non-hydrogen) atoms. The molecule has 4 unspecified atom stereocenters. The van der Waals surface area contributed by atoms with Crippen LogP contribution in [-0.2, 0) is 9.53 Å². The van der Waals surface area contributed by atoms with Gasteiger partial charge < -0.3 is 15.8 Å². The predicted octanol–water partition coefficient (Wildman–Crippen LogP) is 1.68. The Bertz CT molecular complexity index is 252. The van der Waals surface area contributed by atoms with E-state index in [9.17, 15) is 4.79 Å². The van der Waals surface area contributed by atoms with Crippen LogP contribution in [0.15, 0.2) is 0 Å². The third kappa shape index (κ3) is 4.58. The van der Waals surface area contributed by atoms with Gasteiger partial charge in [-0.05, 0) is 31.6 Å². The monoisotopic (exact) mass is 256 g/mol. The highest BCUT2D eigenvalue weighted by Gasteiger charge is 2.31. The molecule has 1 fully saturated rings. The van der Waals surface area contributed by atoms with Gasteiger partial charge in [0.05, 0.1) is 12.6 Å². The average molecular weight is 256 g/mol. The number of carbonyl (C=O) groups excluding carboxylic acids is 1. The molecule has 1 saturated carbocycles. The maximum absolute atomic E-state index is 12.3. The minimum atomic E-state index is 0.126. The summed E-state index contributed by atoms with van der Waals surface area (Å²) in [5, 5.41) is 3.13. The van der Waals surface area contributed by atoms with Crippen molar-refractivity contribution < 1.29 is 9.53 Å². The molecule has 106 valence electrons. The van der Waals surface area contributed by atoms with Crippen molar-refractivity contribution in [1.82, 2.24) is 5.32 Å². The summed E-state index contributed by atoms with van der Waals surface area (Å²) in [6, 6.07) is 0.421. The number of methoxy groups -OCH3 is 1. The van der Waals surface area contributed by atoms with Gasteiger partial charge in [-0.2, -0.15) is 0 Å². The molecule has 0 spiro atoms. The van der Waals surface area contributed by atoms with Crippen LogP contribution in [0.1, 0.15) is 46.0 Å². The third-order valence-corrected chi connectivity index (χ3v) is 3.90. The molecule has 4 heteroatoms. The Morgan fingerprint density at radius 2 is 2.22 bits per heavy atom. The molecule has 3 N–H and O–H groups in total. The summed E-state index contributed by atoms with van der Waals surface area (Å²) in [6.07, 6.45) is 4.87. The van der Waals surface area contributed by atoms with Crippen LogP contribution in [-0.4, -0.2) is 31.7 Å². The first-order chi connectivity index (χ1) is 8.58.